The van der Waals surface area contributed by atoms with Crippen LogP contribution >= 0.6 is 11.8 Å². The molecule has 1 aliphatic rings. The first-order chi connectivity index (χ1) is 14.1. The van der Waals surface area contributed by atoms with Gasteiger partial charge in [-0.15, -0.1) is 11.8 Å². The molecule has 1 amide bonds. The first-order valence-corrected chi connectivity index (χ1v) is 11.9. The van der Waals surface area contributed by atoms with Crippen LogP contribution in [0.4, 0.5) is 0 Å². The van der Waals surface area contributed by atoms with Gasteiger partial charge in [-0.25, -0.2) is 17.4 Å². The number of imidazole rings is 1. The van der Waals surface area contributed by atoms with Crippen LogP contribution in [0.1, 0.15) is 23.9 Å². The molecule has 29 heavy (non-hydrogen) atoms. The molecule has 7 nitrogen and oxygen atoms in total. The van der Waals surface area contributed by atoms with Crippen LogP contribution < -0.4 is 0 Å². The van der Waals surface area contributed by atoms with Gasteiger partial charge in [0.05, 0.1) is 16.9 Å². The molecule has 1 aromatic carbocycles. The average Bonchev–Trinajstić information content (AvgIpc) is 3.42. The number of carbonyl (C=O) groups is 1. The number of carbonyl (C=O) groups excluding carboxylic acids is 1. The zero-order chi connectivity index (χ0) is 20.3. The minimum atomic E-state index is -3.72. The zero-order valence-corrected chi connectivity index (χ0v) is 17.4. The Morgan fingerprint density at radius 3 is 2.66 bits per heavy atom. The highest BCUT2D eigenvalue weighted by molar-refractivity contribution is 7.99. The number of thioether (sulfide) groups is 1. The van der Waals surface area contributed by atoms with Crippen molar-refractivity contribution in [3.05, 3.63) is 73.1 Å². The van der Waals surface area contributed by atoms with Gasteiger partial charge in [0.25, 0.3) is 10.0 Å². The second-order valence-corrected chi connectivity index (χ2v) is 9.76. The molecule has 1 aliphatic heterocycles. The van der Waals surface area contributed by atoms with Gasteiger partial charge in [-0.05, 0) is 30.7 Å². The predicted molar refractivity (Wildman–Crippen MR) is 112 cm³/mol. The number of nitrogens with zero attached hydrogens (tertiary/aromatic N) is 4. The molecule has 2 aromatic heterocycles. The molecule has 9 heteroatoms. The average molecular weight is 431 g/mol. The second-order valence-electron chi connectivity index (χ2n) is 6.76. The highest BCUT2D eigenvalue weighted by Gasteiger charge is 2.33. The number of hydrogen-bond donors (Lipinski definition) is 0. The van der Waals surface area contributed by atoms with E-state index in [4.69, 9.17) is 0 Å². The van der Waals surface area contributed by atoms with Gasteiger partial charge in [-0.3, -0.25) is 4.79 Å². The molecule has 3 heterocycles. The van der Waals surface area contributed by atoms with E-state index < -0.39 is 10.0 Å². The Balaban J connectivity index is 1.59. The summed E-state index contributed by atoms with van der Waals surface area (Å²) in [7, 11) is -3.72. The van der Waals surface area contributed by atoms with Crippen LogP contribution in [0.25, 0.3) is 0 Å². The Labute approximate surface area is 174 Å². The summed E-state index contributed by atoms with van der Waals surface area (Å²) in [6.07, 6.45) is 8.17. The molecule has 1 fully saturated rings. The van der Waals surface area contributed by atoms with Crippen molar-refractivity contribution in [2.45, 2.75) is 29.7 Å². The molecule has 1 atom stereocenters. The molecule has 3 aromatic rings. The Bertz CT molecular complexity index is 1060. The van der Waals surface area contributed by atoms with Crippen LogP contribution in [0.2, 0.25) is 0 Å². The van der Waals surface area contributed by atoms with Crippen molar-refractivity contribution in [1.82, 2.24) is 18.4 Å². The largest absolute Gasteiger partial charge is 0.337 e. The lowest BCUT2D eigenvalue weighted by Crippen LogP contribution is -2.39. The minimum Gasteiger partial charge on any atom is -0.337 e. The molecular formula is C20H22N4O3S2. The van der Waals surface area contributed by atoms with E-state index in [1.54, 1.807) is 77.8 Å². The SMILES string of the molecule is O=C1CCSC(c2cccn2S(=O)(=O)c2ccccc2)N1CCCn1ccnc1. The van der Waals surface area contributed by atoms with Gasteiger partial charge in [0.15, 0.2) is 0 Å². The molecule has 1 unspecified atom stereocenters. The summed E-state index contributed by atoms with van der Waals surface area (Å²) in [5.41, 5.74) is 0.606. The van der Waals surface area contributed by atoms with E-state index in [0.29, 0.717) is 24.4 Å². The predicted octanol–water partition coefficient (Wildman–Crippen LogP) is 2.98. The number of aromatic nitrogens is 3. The molecule has 0 spiro atoms. The van der Waals surface area contributed by atoms with E-state index in [-0.39, 0.29) is 16.2 Å². The van der Waals surface area contributed by atoms with Crippen molar-refractivity contribution in [2.75, 3.05) is 12.3 Å². The molecule has 1 saturated heterocycles. The standard InChI is InChI=1S/C20H22N4O3S2/c25-19-9-15-28-20(23(19)12-5-11-22-14-10-21-16-22)18-8-4-13-24(18)29(26,27)17-6-2-1-3-7-17/h1-4,6-8,10,13-14,16,20H,5,9,11-12,15H2. The van der Waals surface area contributed by atoms with E-state index in [0.717, 1.165) is 13.0 Å². The Morgan fingerprint density at radius 2 is 1.90 bits per heavy atom. The Morgan fingerprint density at radius 1 is 1.07 bits per heavy atom. The molecule has 0 aliphatic carbocycles. The first-order valence-electron chi connectivity index (χ1n) is 9.42. The molecular weight excluding hydrogens is 408 g/mol. The first kappa shape index (κ1) is 19.8. The van der Waals surface area contributed by atoms with Crippen LogP contribution in [0.3, 0.4) is 0 Å². The molecule has 0 saturated carbocycles. The zero-order valence-electron chi connectivity index (χ0n) is 15.8. The number of benzene rings is 1. The molecule has 0 radical (unpaired) electrons. The van der Waals surface area contributed by atoms with E-state index in [1.165, 1.54) is 3.97 Å². The molecule has 0 bridgehead atoms. The van der Waals surface area contributed by atoms with E-state index >= 15 is 0 Å². The summed E-state index contributed by atoms with van der Waals surface area (Å²) in [6.45, 7) is 1.32. The van der Waals surface area contributed by atoms with E-state index in [2.05, 4.69) is 4.98 Å². The fourth-order valence-corrected chi connectivity index (χ4v) is 6.19. The highest BCUT2D eigenvalue weighted by Crippen LogP contribution is 2.38. The van der Waals surface area contributed by atoms with Crippen LogP contribution in [0, 0.1) is 0 Å². The van der Waals surface area contributed by atoms with Gasteiger partial charge in [-0.1, -0.05) is 18.2 Å². The normalized spacial score (nSPS) is 17.6. The fraction of sp³-hybridized carbons (Fsp3) is 0.300. The minimum absolute atomic E-state index is 0.0595. The van der Waals surface area contributed by atoms with Gasteiger partial charge in [0.1, 0.15) is 5.37 Å². The molecule has 4 rings (SSSR count). The van der Waals surface area contributed by atoms with Crippen LogP contribution in [-0.4, -0.2) is 45.0 Å². The van der Waals surface area contributed by atoms with Crippen molar-refractivity contribution in [3.8, 4) is 0 Å². The summed E-state index contributed by atoms with van der Waals surface area (Å²) < 4.78 is 29.6. The van der Waals surface area contributed by atoms with Crippen LogP contribution in [0.15, 0.2) is 72.3 Å². The number of aryl methyl sites for hydroxylation is 1. The third-order valence-electron chi connectivity index (χ3n) is 4.87. The monoisotopic (exact) mass is 430 g/mol. The van der Waals surface area contributed by atoms with Crippen molar-refractivity contribution < 1.29 is 13.2 Å². The number of amides is 1. The lowest BCUT2D eigenvalue weighted by molar-refractivity contribution is -0.132. The maximum absolute atomic E-state index is 13.2. The van der Waals surface area contributed by atoms with Gasteiger partial charge in [-0.2, -0.15) is 0 Å². The van der Waals surface area contributed by atoms with Crippen LogP contribution in [0.5, 0.6) is 0 Å². The lowest BCUT2D eigenvalue weighted by Gasteiger charge is -2.35. The van der Waals surface area contributed by atoms with Crippen molar-refractivity contribution >= 4 is 27.7 Å². The van der Waals surface area contributed by atoms with Crippen molar-refractivity contribution in [3.63, 3.8) is 0 Å². The van der Waals surface area contributed by atoms with Gasteiger partial charge < -0.3 is 9.47 Å². The van der Waals surface area contributed by atoms with Crippen molar-refractivity contribution in [1.29, 1.82) is 0 Å². The topological polar surface area (TPSA) is 77.2 Å². The highest BCUT2D eigenvalue weighted by atomic mass is 32.2. The Hall–Kier alpha value is -2.52. The Kier molecular flexibility index (Phi) is 5.77. The van der Waals surface area contributed by atoms with Gasteiger partial charge in [0, 0.05) is 43.9 Å². The third kappa shape index (κ3) is 4.11. The smallest absolute Gasteiger partial charge is 0.267 e. The summed E-state index contributed by atoms with van der Waals surface area (Å²) in [5.74, 6) is 0.738. The number of hydrogen-bond acceptors (Lipinski definition) is 5. The fourth-order valence-electron chi connectivity index (χ4n) is 3.45. The summed E-state index contributed by atoms with van der Waals surface area (Å²) >= 11 is 1.61. The van der Waals surface area contributed by atoms with E-state index in [9.17, 15) is 13.2 Å². The maximum atomic E-state index is 13.2. The van der Waals surface area contributed by atoms with Crippen LogP contribution in [-0.2, 0) is 21.4 Å². The van der Waals surface area contributed by atoms with Gasteiger partial charge in [0.2, 0.25) is 5.91 Å². The number of rotatable bonds is 7. The third-order valence-corrected chi connectivity index (χ3v) is 7.84. The lowest BCUT2D eigenvalue weighted by atomic mass is 10.3. The molecule has 152 valence electrons. The second kappa shape index (κ2) is 8.46. The summed E-state index contributed by atoms with van der Waals surface area (Å²) in [5, 5.41) is -0.326. The van der Waals surface area contributed by atoms with Gasteiger partial charge >= 0.3 is 0 Å². The van der Waals surface area contributed by atoms with E-state index in [1.807, 2.05) is 10.8 Å². The summed E-state index contributed by atoms with van der Waals surface area (Å²) in [6, 6.07) is 11.9. The quantitative estimate of drug-likeness (QED) is 0.576. The van der Waals surface area contributed by atoms with Crippen molar-refractivity contribution in [2.24, 2.45) is 0 Å². The molecule has 0 N–H and O–H groups in total. The summed E-state index contributed by atoms with van der Waals surface area (Å²) in [4.78, 5) is 18.7. The maximum Gasteiger partial charge on any atom is 0.267 e.